The van der Waals surface area contributed by atoms with E-state index in [1.807, 2.05) is 18.2 Å². The molecule has 2 aromatic rings. The number of nitrogens with zero attached hydrogens (tertiary/aromatic N) is 1. The van der Waals surface area contributed by atoms with Gasteiger partial charge in [0.1, 0.15) is 0 Å². The summed E-state index contributed by atoms with van der Waals surface area (Å²) in [6.45, 7) is 0. The van der Waals surface area contributed by atoms with Crippen LogP contribution >= 0.6 is 0 Å². The molecule has 0 fully saturated rings. The van der Waals surface area contributed by atoms with E-state index in [-0.39, 0.29) is 6.42 Å². The monoisotopic (exact) mass is 327 g/mol. The number of oxime groups is 1. The maximum atomic E-state index is 11.2. The van der Waals surface area contributed by atoms with Gasteiger partial charge < -0.3 is 15.3 Å². The molecule has 0 bridgehead atoms. The summed E-state index contributed by atoms with van der Waals surface area (Å²) in [6.07, 6.45) is -0.640. The Morgan fingerprint density at radius 3 is 2.54 bits per heavy atom. The Kier molecular flexibility index (Phi) is 5.90. The third-order valence-corrected chi connectivity index (χ3v) is 2.98. The van der Waals surface area contributed by atoms with Crippen LogP contribution in [-0.2, 0) is 9.53 Å². The van der Waals surface area contributed by atoms with E-state index >= 15 is 0 Å². The highest BCUT2D eigenvalue weighted by atomic mass is 16.6. The summed E-state index contributed by atoms with van der Waals surface area (Å²) >= 11 is 0. The quantitative estimate of drug-likeness (QED) is 0.628. The Morgan fingerprint density at radius 1 is 1.12 bits per heavy atom. The van der Waals surface area contributed by atoms with Crippen LogP contribution in [0.3, 0.4) is 0 Å². The molecule has 0 heterocycles. The summed E-state index contributed by atoms with van der Waals surface area (Å²) in [6, 6.07) is 15.7. The summed E-state index contributed by atoms with van der Waals surface area (Å²) in [5, 5.41) is 6.54. The molecule has 124 valence electrons. The van der Waals surface area contributed by atoms with Crippen LogP contribution in [0.25, 0.3) is 0 Å². The van der Waals surface area contributed by atoms with Gasteiger partial charge in [0.25, 0.3) is 0 Å². The van der Waals surface area contributed by atoms with Gasteiger partial charge in [-0.2, -0.15) is 0 Å². The van der Waals surface area contributed by atoms with Crippen LogP contribution in [0.4, 0.5) is 10.5 Å². The molecule has 0 aliphatic rings. The van der Waals surface area contributed by atoms with Crippen LogP contribution in [-0.4, -0.2) is 24.8 Å². The maximum absolute atomic E-state index is 11.2. The number of ether oxygens (including phenoxy) is 1. The van der Waals surface area contributed by atoms with Crippen molar-refractivity contribution in [2.75, 3.05) is 12.4 Å². The van der Waals surface area contributed by atoms with E-state index in [2.05, 4.69) is 15.2 Å². The number of anilines is 1. The molecule has 0 spiro atoms. The molecule has 0 saturated carbocycles. The number of benzene rings is 2. The highest BCUT2D eigenvalue weighted by Gasteiger charge is 2.09. The summed E-state index contributed by atoms with van der Waals surface area (Å²) in [4.78, 5) is 27.8. The van der Waals surface area contributed by atoms with Gasteiger partial charge in [-0.1, -0.05) is 41.6 Å². The lowest BCUT2D eigenvalue weighted by atomic mass is 10.1. The molecular weight excluding hydrogens is 310 g/mol. The van der Waals surface area contributed by atoms with Crippen molar-refractivity contribution in [1.29, 1.82) is 0 Å². The van der Waals surface area contributed by atoms with Crippen molar-refractivity contribution in [1.82, 2.24) is 0 Å². The molecule has 24 heavy (non-hydrogen) atoms. The van der Waals surface area contributed by atoms with Gasteiger partial charge in [0.15, 0.2) is 5.75 Å². The molecule has 0 saturated heterocycles. The maximum Gasteiger partial charge on any atom is 0.411 e. The second-order valence-corrected chi connectivity index (χ2v) is 4.78. The zero-order chi connectivity index (χ0) is 17.4. The lowest BCUT2D eigenvalue weighted by Crippen LogP contribution is -2.17. The Morgan fingerprint density at radius 2 is 1.88 bits per heavy atom. The fraction of sp³-hybridized carbons (Fsp3) is 0.118. The number of hydrogen-bond acceptors (Lipinski definition) is 5. The first-order valence-corrected chi connectivity index (χ1v) is 7.11. The van der Waals surface area contributed by atoms with Gasteiger partial charge in [-0.05, 0) is 17.7 Å². The van der Waals surface area contributed by atoms with Crippen molar-refractivity contribution in [3.63, 3.8) is 0 Å². The minimum atomic E-state index is -0.589. The largest absolute Gasteiger partial charge is 0.453 e. The molecular formula is C17H17N3O4. The second kappa shape index (κ2) is 8.33. The van der Waals surface area contributed by atoms with Crippen LogP contribution in [0.2, 0.25) is 0 Å². The van der Waals surface area contributed by atoms with Gasteiger partial charge >= 0.3 is 6.09 Å². The fourth-order valence-corrected chi connectivity index (χ4v) is 1.89. The number of hydrogen-bond donors (Lipinski definition) is 2. The van der Waals surface area contributed by atoms with E-state index in [1.54, 1.807) is 36.4 Å². The van der Waals surface area contributed by atoms with E-state index in [4.69, 9.17) is 10.6 Å². The third-order valence-electron chi connectivity index (χ3n) is 2.98. The van der Waals surface area contributed by atoms with Gasteiger partial charge in [0.05, 0.1) is 19.2 Å². The van der Waals surface area contributed by atoms with Crippen molar-refractivity contribution < 1.29 is 19.2 Å². The van der Waals surface area contributed by atoms with E-state index in [0.29, 0.717) is 17.1 Å². The molecule has 7 heteroatoms. The summed E-state index contributed by atoms with van der Waals surface area (Å²) in [5.74, 6) is -0.121. The van der Waals surface area contributed by atoms with E-state index in [0.717, 1.165) is 5.56 Å². The Labute approximate surface area is 139 Å². The van der Waals surface area contributed by atoms with Gasteiger partial charge in [0.2, 0.25) is 5.91 Å². The molecule has 0 aliphatic carbocycles. The summed E-state index contributed by atoms with van der Waals surface area (Å²) in [5.41, 5.74) is 6.90. The zero-order valence-electron chi connectivity index (χ0n) is 13.1. The molecule has 7 nitrogen and oxygen atoms in total. The fourth-order valence-electron chi connectivity index (χ4n) is 1.89. The van der Waals surface area contributed by atoms with E-state index in [1.165, 1.54) is 7.11 Å². The number of amides is 2. The SMILES string of the molecule is COC(=O)Nc1cccc(O/N=C(\CC(N)=O)c2ccccc2)c1. The molecule has 0 radical (unpaired) electrons. The van der Waals surface area contributed by atoms with Crippen LogP contribution in [0.15, 0.2) is 59.8 Å². The second-order valence-electron chi connectivity index (χ2n) is 4.78. The standard InChI is InChI=1S/C17H17N3O4/c1-23-17(22)19-13-8-5-9-14(10-13)24-20-15(11-16(18)21)12-6-3-2-4-7-12/h2-10H,11H2,1H3,(H2,18,21)(H,19,22)/b20-15+. The van der Waals surface area contributed by atoms with Gasteiger partial charge in [-0.25, -0.2) is 4.79 Å². The summed E-state index contributed by atoms with van der Waals surface area (Å²) in [7, 11) is 1.27. The van der Waals surface area contributed by atoms with Gasteiger partial charge in [-0.3, -0.25) is 10.1 Å². The van der Waals surface area contributed by atoms with Crippen LogP contribution < -0.4 is 15.9 Å². The number of nitrogens with two attached hydrogens (primary N) is 1. The van der Waals surface area contributed by atoms with Crippen molar-refractivity contribution in [2.45, 2.75) is 6.42 Å². The zero-order valence-corrected chi connectivity index (χ0v) is 13.1. The molecule has 2 rings (SSSR count). The molecule has 2 aromatic carbocycles. The smallest absolute Gasteiger partial charge is 0.411 e. The van der Waals surface area contributed by atoms with Crippen molar-refractivity contribution in [3.05, 3.63) is 60.2 Å². The van der Waals surface area contributed by atoms with E-state index in [9.17, 15) is 9.59 Å². The highest BCUT2D eigenvalue weighted by molar-refractivity contribution is 6.09. The number of rotatable bonds is 6. The number of nitrogens with one attached hydrogen (secondary N) is 1. The number of primary amides is 1. The Balaban J connectivity index is 2.18. The minimum Gasteiger partial charge on any atom is -0.453 e. The average Bonchev–Trinajstić information content (AvgIpc) is 2.59. The number of carbonyl (C=O) groups is 2. The number of carbonyl (C=O) groups excluding carboxylic acids is 2. The molecule has 2 amide bonds. The van der Waals surface area contributed by atoms with Crippen molar-refractivity contribution in [2.24, 2.45) is 10.9 Å². The topological polar surface area (TPSA) is 103 Å². The number of methoxy groups -OCH3 is 1. The van der Waals surface area contributed by atoms with Crippen LogP contribution in [0.1, 0.15) is 12.0 Å². The molecule has 0 atom stereocenters. The molecule has 0 aliphatic heterocycles. The predicted molar refractivity (Wildman–Crippen MR) is 89.9 cm³/mol. The first-order valence-electron chi connectivity index (χ1n) is 7.11. The van der Waals surface area contributed by atoms with E-state index < -0.39 is 12.0 Å². The Bertz CT molecular complexity index is 745. The van der Waals surface area contributed by atoms with Crippen LogP contribution in [0.5, 0.6) is 5.75 Å². The van der Waals surface area contributed by atoms with Gasteiger partial charge in [0, 0.05) is 11.8 Å². The Hall–Kier alpha value is -3.35. The first-order chi connectivity index (χ1) is 11.6. The minimum absolute atomic E-state index is 0.0515. The predicted octanol–water partition coefficient (Wildman–Crippen LogP) is 2.52. The van der Waals surface area contributed by atoms with Crippen molar-refractivity contribution >= 4 is 23.4 Å². The van der Waals surface area contributed by atoms with Crippen LogP contribution in [0, 0.1) is 0 Å². The highest BCUT2D eigenvalue weighted by Crippen LogP contribution is 2.18. The molecule has 0 aromatic heterocycles. The average molecular weight is 327 g/mol. The lowest BCUT2D eigenvalue weighted by molar-refractivity contribution is -0.116. The van der Waals surface area contributed by atoms with Gasteiger partial charge in [-0.15, -0.1) is 0 Å². The third kappa shape index (κ3) is 5.13. The molecule has 0 unspecified atom stereocenters. The summed E-state index contributed by atoms with van der Waals surface area (Å²) < 4.78 is 4.52. The van der Waals surface area contributed by atoms with Crippen molar-refractivity contribution in [3.8, 4) is 5.75 Å². The lowest BCUT2D eigenvalue weighted by Gasteiger charge is -2.07. The first kappa shape index (κ1) is 17.0. The normalized spacial score (nSPS) is 10.8. The molecule has 3 N–H and O–H groups in total.